The van der Waals surface area contributed by atoms with Gasteiger partial charge in [-0.1, -0.05) is 48.0 Å². The van der Waals surface area contributed by atoms with Crippen molar-refractivity contribution in [3.8, 4) is 5.75 Å². The number of aryl methyl sites for hydroxylation is 1. The summed E-state index contributed by atoms with van der Waals surface area (Å²) >= 11 is 0. The lowest BCUT2D eigenvalue weighted by molar-refractivity contribution is 0.415. The molecule has 0 fully saturated rings. The van der Waals surface area contributed by atoms with Crippen LogP contribution in [0.15, 0.2) is 60.2 Å². The second-order valence-electron chi connectivity index (χ2n) is 5.71. The molecule has 0 atom stereocenters. The first-order valence-electron chi connectivity index (χ1n) is 7.65. The topological polar surface area (TPSA) is 9.23 Å². The Morgan fingerprint density at radius 2 is 1.45 bits per heavy atom. The second-order valence-corrected chi connectivity index (χ2v) is 5.71. The number of ether oxygens (including phenoxy) is 1. The molecule has 1 radical (unpaired) electrons. The zero-order chi connectivity index (χ0) is 15.5. The van der Waals surface area contributed by atoms with Crippen molar-refractivity contribution in [3.63, 3.8) is 0 Å². The largest absolute Gasteiger partial charge is 0.497 e. The van der Waals surface area contributed by atoms with E-state index in [2.05, 4.69) is 62.7 Å². The minimum absolute atomic E-state index is 0.893. The molecule has 0 aromatic heterocycles. The molecule has 1 nitrogen and oxygen atoms in total. The van der Waals surface area contributed by atoms with Crippen molar-refractivity contribution in [2.75, 3.05) is 7.11 Å². The van der Waals surface area contributed by atoms with Gasteiger partial charge in [0.25, 0.3) is 0 Å². The van der Waals surface area contributed by atoms with Crippen LogP contribution in [0.1, 0.15) is 30.0 Å². The maximum Gasteiger partial charge on any atom is 0.118 e. The predicted molar refractivity (Wildman–Crippen MR) is 93.7 cm³/mol. The van der Waals surface area contributed by atoms with Crippen LogP contribution in [-0.2, 0) is 0 Å². The summed E-state index contributed by atoms with van der Waals surface area (Å²) in [7, 11) is 1.70. The molecule has 2 aromatic rings. The number of rotatable bonds is 3. The van der Waals surface area contributed by atoms with Crippen molar-refractivity contribution >= 4 is 11.1 Å². The van der Waals surface area contributed by atoms with Crippen molar-refractivity contribution in [2.24, 2.45) is 0 Å². The quantitative estimate of drug-likeness (QED) is 0.728. The highest BCUT2D eigenvalue weighted by molar-refractivity contribution is 6.02. The Labute approximate surface area is 133 Å². The highest BCUT2D eigenvalue weighted by atomic mass is 16.5. The van der Waals surface area contributed by atoms with E-state index in [4.69, 9.17) is 4.74 Å². The summed E-state index contributed by atoms with van der Waals surface area (Å²) in [5.41, 5.74) is 7.79. The third-order valence-corrected chi connectivity index (χ3v) is 4.15. The third-order valence-electron chi connectivity index (χ3n) is 4.15. The van der Waals surface area contributed by atoms with E-state index < -0.39 is 0 Å². The fraction of sp³-hybridized carbons (Fsp3) is 0.190. The molecule has 0 bridgehead atoms. The number of benzene rings is 2. The van der Waals surface area contributed by atoms with Gasteiger partial charge in [0.05, 0.1) is 7.11 Å². The molecule has 0 saturated carbocycles. The fourth-order valence-electron chi connectivity index (χ4n) is 2.91. The van der Waals surface area contributed by atoms with Crippen LogP contribution < -0.4 is 4.74 Å². The molecule has 1 aliphatic rings. The van der Waals surface area contributed by atoms with E-state index in [1.807, 2.05) is 12.1 Å². The van der Waals surface area contributed by atoms with E-state index >= 15 is 0 Å². The number of allylic oxidation sites excluding steroid dienone is 4. The zero-order valence-corrected chi connectivity index (χ0v) is 13.4. The molecule has 2 aromatic carbocycles. The first-order chi connectivity index (χ1) is 10.7. The summed E-state index contributed by atoms with van der Waals surface area (Å²) in [6.45, 7) is 4.32. The Kier molecular flexibility index (Phi) is 4.15. The maximum atomic E-state index is 5.26. The van der Waals surface area contributed by atoms with Gasteiger partial charge in [-0.05, 0) is 66.7 Å². The average Bonchev–Trinajstić information content (AvgIpc) is 2.56. The van der Waals surface area contributed by atoms with Crippen LogP contribution in [0.3, 0.4) is 0 Å². The van der Waals surface area contributed by atoms with Crippen LogP contribution in [0, 0.1) is 13.3 Å². The highest BCUT2D eigenvalue weighted by Crippen LogP contribution is 2.38. The summed E-state index contributed by atoms with van der Waals surface area (Å²) in [4.78, 5) is 0. The predicted octanol–water partition coefficient (Wildman–Crippen LogP) is 5.47. The van der Waals surface area contributed by atoms with Gasteiger partial charge in [-0.25, -0.2) is 0 Å². The second kappa shape index (κ2) is 6.23. The van der Waals surface area contributed by atoms with Gasteiger partial charge in [0.1, 0.15) is 5.75 Å². The monoisotopic (exact) mass is 289 g/mol. The van der Waals surface area contributed by atoms with Gasteiger partial charge in [-0.15, -0.1) is 0 Å². The van der Waals surface area contributed by atoms with E-state index in [1.54, 1.807) is 7.11 Å². The van der Waals surface area contributed by atoms with Gasteiger partial charge in [-0.2, -0.15) is 0 Å². The Bertz CT molecular complexity index is 716. The van der Waals surface area contributed by atoms with Crippen molar-refractivity contribution < 1.29 is 4.74 Å². The molecule has 0 spiro atoms. The Hall–Kier alpha value is -2.28. The highest BCUT2D eigenvalue weighted by Gasteiger charge is 2.16. The normalized spacial score (nSPS) is 14.8. The van der Waals surface area contributed by atoms with E-state index in [0.717, 1.165) is 12.2 Å². The van der Waals surface area contributed by atoms with Gasteiger partial charge in [0.2, 0.25) is 0 Å². The van der Waals surface area contributed by atoms with E-state index in [9.17, 15) is 0 Å². The van der Waals surface area contributed by atoms with Crippen molar-refractivity contribution in [1.29, 1.82) is 0 Å². The fourth-order valence-corrected chi connectivity index (χ4v) is 2.91. The lowest BCUT2D eigenvalue weighted by Gasteiger charge is -2.21. The molecule has 1 heteroatoms. The summed E-state index contributed by atoms with van der Waals surface area (Å²) in [6.07, 6.45) is 5.59. The molecule has 0 N–H and O–H groups in total. The molecule has 22 heavy (non-hydrogen) atoms. The molecular formula is C21H21O. The smallest absolute Gasteiger partial charge is 0.118 e. The van der Waals surface area contributed by atoms with E-state index in [0.29, 0.717) is 0 Å². The van der Waals surface area contributed by atoms with Crippen LogP contribution >= 0.6 is 0 Å². The van der Waals surface area contributed by atoms with Crippen molar-refractivity contribution in [2.45, 2.75) is 20.3 Å². The van der Waals surface area contributed by atoms with Gasteiger partial charge in [0, 0.05) is 0 Å². The summed E-state index contributed by atoms with van der Waals surface area (Å²) < 4.78 is 5.26. The minimum Gasteiger partial charge on any atom is -0.497 e. The number of hydrogen-bond donors (Lipinski definition) is 0. The first kappa shape index (κ1) is 14.6. The number of hydrogen-bond acceptors (Lipinski definition) is 1. The molecule has 0 amide bonds. The average molecular weight is 289 g/mol. The summed E-state index contributed by atoms with van der Waals surface area (Å²) in [5, 5.41) is 0. The minimum atomic E-state index is 0.893. The van der Waals surface area contributed by atoms with Gasteiger partial charge in [0.15, 0.2) is 0 Å². The van der Waals surface area contributed by atoms with Crippen LogP contribution in [0.2, 0.25) is 0 Å². The van der Waals surface area contributed by atoms with Gasteiger partial charge >= 0.3 is 0 Å². The molecule has 0 aliphatic heterocycles. The van der Waals surface area contributed by atoms with Gasteiger partial charge in [-0.3, -0.25) is 0 Å². The lowest BCUT2D eigenvalue weighted by atomic mass is 9.83. The summed E-state index contributed by atoms with van der Waals surface area (Å²) in [6, 6.07) is 17.1. The maximum absolute atomic E-state index is 5.26. The Balaban J connectivity index is 2.11. The van der Waals surface area contributed by atoms with Crippen LogP contribution in [0.5, 0.6) is 5.75 Å². The standard InChI is InChI=1S/C21H21O/c1-15-7-9-18(10-8-15)21-16(2)5-4-6-20(21)17-11-13-19(22-3)14-12-17/h5-14H,4H2,1-3H3. The van der Waals surface area contributed by atoms with Crippen LogP contribution in [0.4, 0.5) is 0 Å². The molecular weight excluding hydrogens is 268 g/mol. The van der Waals surface area contributed by atoms with Crippen molar-refractivity contribution in [3.05, 3.63) is 83.3 Å². The molecule has 3 rings (SSSR count). The third kappa shape index (κ3) is 2.85. The SMILES string of the molecule is COc1ccc(C2=C(c3ccc(C)cc3)C(C)=CC[CH]2)cc1. The van der Waals surface area contributed by atoms with Gasteiger partial charge < -0.3 is 4.74 Å². The Morgan fingerprint density at radius 1 is 0.818 bits per heavy atom. The van der Waals surface area contributed by atoms with Crippen molar-refractivity contribution in [1.82, 2.24) is 0 Å². The first-order valence-corrected chi connectivity index (χ1v) is 7.65. The van der Waals surface area contributed by atoms with Crippen LogP contribution in [0.25, 0.3) is 11.1 Å². The molecule has 1 aliphatic carbocycles. The molecule has 0 saturated heterocycles. The van der Waals surface area contributed by atoms with Crippen LogP contribution in [-0.4, -0.2) is 7.11 Å². The lowest BCUT2D eigenvalue weighted by Crippen LogP contribution is -2.00. The zero-order valence-electron chi connectivity index (χ0n) is 13.4. The number of methoxy groups -OCH3 is 1. The Morgan fingerprint density at radius 3 is 2.09 bits per heavy atom. The molecule has 111 valence electrons. The van der Waals surface area contributed by atoms with E-state index in [1.165, 1.54) is 33.4 Å². The molecule has 0 unspecified atom stereocenters. The summed E-state index contributed by atoms with van der Waals surface area (Å²) in [5.74, 6) is 0.893. The van der Waals surface area contributed by atoms with E-state index in [-0.39, 0.29) is 0 Å². The molecule has 0 heterocycles.